The molecular weight excluding hydrogens is 301 g/mol. The van der Waals surface area contributed by atoms with Gasteiger partial charge < -0.3 is 14.6 Å². The molecule has 0 fully saturated rings. The Morgan fingerprint density at radius 2 is 2.09 bits per heavy atom. The van der Waals surface area contributed by atoms with Crippen molar-refractivity contribution in [3.8, 4) is 11.4 Å². The summed E-state index contributed by atoms with van der Waals surface area (Å²) in [6.07, 6.45) is -2.98. The molecule has 6 nitrogen and oxygen atoms in total. The van der Waals surface area contributed by atoms with Crippen molar-refractivity contribution in [2.24, 2.45) is 7.05 Å². The number of anilines is 1. The summed E-state index contributed by atoms with van der Waals surface area (Å²) in [6.45, 7) is -0.506. The van der Waals surface area contributed by atoms with Crippen molar-refractivity contribution in [2.45, 2.75) is 6.18 Å². The molecule has 0 unspecified atom stereocenters. The molecule has 0 aliphatic carbocycles. The molecule has 118 valence electrons. The fourth-order valence-corrected chi connectivity index (χ4v) is 1.88. The molecular formula is C13H13F3N4O2. The first kappa shape index (κ1) is 15.8. The SMILES string of the molecule is CN(CC(=O)O)c1nc(-c2cccn2C)cc(C(F)(F)F)n1. The lowest BCUT2D eigenvalue weighted by Crippen LogP contribution is -2.28. The van der Waals surface area contributed by atoms with Gasteiger partial charge in [0.1, 0.15) is 6.54 Å². The monoisotopic (exact) mass is 314 g/mol. The zero-order valence-electron chi connectivity index (χ0n) is 11.8. The molecule has 2 aromatic rings. The van der Waals surface area contributed by atoms with Crippen LogP contribution in [0.1, 0.15) is 5.69 Å². The molecule has 2 aromatic heterocycles. The lowest BCUT2D eigenvalue weighted by atomic mass is 10.2. The van der Waals surface area contributed by atoms with Crippen LogP contribution in [-0.2, 0) is 18.0 Å². The van der Waals surface area contributed by atoms with E-state index in [2.05, 4.69) is 9.97 Å². The van der Waals surface area contributed by atoms with Crippen molar-refractivity contribution in [3.05, 3.63) is 30.1 Å². The average molecular weight is 314 g/mol. The van der Waals surface area contributed by atoms with Crippen LogP contribution in [0.15, 0.2) is 24.4 Å². The van der Waals surface area contributed by atoms with Crippen LogP contribution in [0.4, 0.5) is 19.1 Å². The first-order chi connectivity index (χ1) is 10.2. The fraction of sp³-hybridized carbons (Fsp3) is 0.308. The summed E-state index contributed by atoms with van der Waals surface area (Å²) < 4.78 is 40.6. The Kier molecular flexibility index (Phi) is 4.07. The van der Waals surface area contributed by atoms with Crippen LogP contribution in [0, 0.1) is 0 Å². The number of carboxylic acids is 1. The summed E-state index contributed by atoms with van der Waals surface area (Å²) in [5.74, 6) is -1.49. The van der Waals surface area contributed by atoms with Gasteiger partial charge in [-0.1, -0.05) is 0 Å². The van der Waals surface area contributed by atoms with E-state index < -0.39 is 24.4 Å². The smallest absolute Gasteiger partial charge is 0.433 e. The molecule has 0 saturated heterocycles. The van der Waals surface area contributed by atoms with Gasteiger partial charge in [0.25, 0.3) is 0 Å². The quantitative estimate of drug-likeness (QED) is 0.935. The minimum absolute atomic E-state index is 0.0714. The van der Waals surface area contributed by atoms with Gasteiger partial charge >= 0.3 is 12.1 Å². The maximum Gasteiger partial charge on any atom is 0.433 e. The second-order valence-corrected chi connectivity index (χ2v) is 4.69. The number of aromatic nitrogens is 3. The van der Waals surface area contributed by atoms with Gasteiger partial charge in [0.05, 0.1) is 11.4 Å². The Morgan fingerprint density at radius 1 is 1.41 bits per heavy atom. The lowest BCUT2D eigenvalue weighted by Gasteiger charge is -2.17. The van der Waals surface area contributed by atoms with Gasteiger partial charge in [0.15, 0.2) is 5.69 Å². The number of rotatable bonds is 4. The average Bonchev–Trinajstić information content (AvgIpc) is 2.82. The minimum atomic E-state index is -4.65. The zero-order chi connectivity index (χ0) is 16.5. The fourth-order valence-electron chi connectivity index (χ4n) is 1.88. The number of likely N-dealkylation sites (N-methyl/N-ethyl adjacent to an activating group) is 1. The molecule has 9 heteroatoms. The highest BCUT2D eigenvalue weighted by molar-refractivity contribution is 5.72. The van der Waals surface area contributed by atoms with E-state index in [0.29, 0.717) is 5.69 Å². The molecule has 0 radical (unpaired) electrons. The third-order valence-corrected chi connectivity index (χ3v) is 2.92. The Hall–Kier alpha value is -2.58. The summed E-state index contributed by atoms with van der Waals surface area (Å²) in [7, 11) is 2.99. The molecule has 2 heterocycles. The van der Waals surface area contributed by atoms with Gasteiger partial charge in [0, 0.05) is 20.3 Å². The van der Waals surface area contributed by atoms with Gasteiger partial charge in [-0.2, -0.15) is 13.2 Å². The van der Waals surface area contributed by atoms with Crippen molar-refractivity contribution >= 4 is 11.9 Å². The molecule has 0 bridgehead atoms. The normalized spacial score (nSPS) is 11.5. The number of hydrogen-bond acceptors (Lipinski definition) is 4. The number of aliphatic carboxylic acids is 1. The summed E-state index contributed by atoms with van der Waals surface area (Å²) in [5, 5.41) is 8.75. The molecule has 1 N–H and O–H groups in total. The zero-order valence-corrected chi connectivity index (χ0v) is 11.8. The number of halogens is 3. The standard InChI is InChI=1S/C13H13F3N4O2/c1-19-5-3-4-9(19)8-6-10(13(14,15)16)18-12(17-8)20(2)7-11(21)22/h3-6H,7H2,1-2H3,(H,21,22). The molecule has 0 amide bonds. The summed E-state index contributed by atoms with van der Waals surface area (Å²) in [4.78, 5) is 19.2. The molecule has 22 heavy (non-hydrogen) atoms. The maximum absolute atomic E-state index is 13.0. The van der Waals surface area contributed by atoms with E-state index >= 15 is 0 Å². The lowest BCUT2D eigenvalue weighted by molar-refractivity contribution is -0.141. The second kappa shape index (κ2) is 5.66. The third kappa shape index (κ3) is 3.35. The van der Waals surface area contributed by atoms with E-state index in [4.69, 9.17) is 5.11 Å². The molecule has 2 rings (SSSR count). The highest BCUT2D eigenvalue weighted by atomic mass is 19.4. The van der Waals surface area contributed by atoms with Crippen molar-refractivity contribution < 1.29 is 23.1 Å². The first-order valence-corrected chi connectivity index (χ1v) is 6.19. The predicted octanol–water partition coefficient (Wildman–Crippen LogP) is 2.02. The number of aryl methyl sites for hydroxylation is 1. The maximum atomic E-state index is 13.0. The van der Waals surface area contributed by atoms with Crippen LogP contribution in [0.3, 0.4) is 0 Å². The number of alkyl halides is 3. The Labute approximate surface area is 123 Å². The predicted molar refractivity (Wildman–Crippen MR) is 72.3 cm³/mol. The Morgan fingerprint density at radius 3 is 2.59 bits per heavy atom. The summed E-state index contributed by atoms with van der Waals surface area (Å²) in [6, 6.07) is 4.13. The van der Waals surface area contributed by atoms with Gasteiger partial charge in [-0.05, 0) is 18.2 Å². The van der Waals surface area contributed by atoms with Crippen LogP contribution in [0.2, 0.25) is 0 Å². The van der Waals surface area contributed by atoms with Crippen molar-refractivity contribution in [1.82, 2.24) is 14.5 Å². The van der Waals surface area contributed by atoms with Crippen molar-refractivity contribution in [2.75, 3.05) is 18.5 Å². The molecule has 0 aliphatic rings. The summed E-state index contributed by atoms with van der Waals surface area (Å²) in [5.41, 5.74) is -0.578. The highest BCUT2D eigenvalue weighted by Crippen LogP contribution is 2.31. The number of carboxylic acid groups (broad SMARTS) is 1. The Bertz CT molecular complexity index is 697. The van der Waals surface area contributed by atoms with Crippen LogP contribution < -0.4 is 4.90 Å². The number of carbonyl (C=O) groups is 1. The third-order valence-electron chi connectivity index (χ3n) is 2.92. The van der Waals surface area contributed by atoms with Crippen LogP contribution in [0.5, 0.6) is 0 Å². The van der Waals surface area contributed by atoms with E-state index in [1.807, 2.05) is 0 Å². The number of nitrogens with zero attached hydrogens (tertiary/aromatic N) is 4. The van der Waals surface area contributed by atoms with E-state index in [9.17, 15) is 18.0 Å². The summed E-state index contributed by atoms with van der Waals surface area (Å²) >= 11 is 0. The van der Waals surface area contributed by atoms with Gasteiger partial charge in [-0.25, -0.2) is 9.97 Å². The Balaban J connectivity index is 2.55. The highest BCUT2D eigenvalue weighted by Gasteiger charge is 2.34. The van der Waals surface area contributed by atoms with E-state index in [-0.39, 0.29) is 11.6 Å². The largest absolute Gasteiger partial charge is 0.480 e. The van der Waals surface area contributed by atoms with E-state index in [1.54, 1.807) is 29.9 Å². The van der Waals surface area contributed by atoms with E-state index in [1.165, 1.54) is 7.05 Å². The van der Waals surface area contributed by atoms with E-state index in [0.717, 1.165) is 11.0 Å². The molecule has 0 aliphatic heterocycles. The van der Waals surface area contributed by atoms with Gasteiger partial charge in [-0.3, -0.25) is 4.79 Å². The second-order valence-electron chi connectivity index (χ2n) is 4.69. The number of hydrogen-bond donors (Lipinski definition) is 1. The van der Waals surface area contributed by atoms with Gasteiger partial charge in [-0.15, -0.1) is 0 Å². The van der Waals surface area contributed by atoms with Crippen molar-refractivity contribution in [3.63, 3.8) is 0 Å². The topological polar surface area (TPSA) is 71.2 Å². The first-order valence-electron chi connectivity index (χ1n) is 6.19. The molecule has 0 saturated carbocycles. The molecule has 0 aromatic carbocycles. The van der Waals surface area contributed by atoms with Crippen LogP contribution in [0.25, 0.3) is 11.4 Å². The van der Waals surface area contributed by atoms with Gasteiger partial charge in [0.2, 0.25) is 5.95 Å². The molecule has 0 spiro atoms. The van der Waals surface area contributed by atoms with Crippen LogP contribution in [-0.4, -0.2) is 39.2 Å². The minimum Gasteiger partial charge on any atom is -0.480 e. The van der Waals surface area contributed by atoms with Crippen molar-refractivity contribution in [1.29, 1.82) is 0 Å². The van der Waals surface area contributed by atoms with Crippen LogP contribution >= 0.6 is 0 Å². The molecule has 0 atom stereocenters.